The zero-order chi connectivity index (χ0) is 11.9. The van der Waals surface area contributed by atoms with Gasteiger partial charge in [0.15, 0.2) is 11.6 Å². The predicted octanol–water partition coefficient (Wildman–Crippen LogP) is 1.48. The van der Waals surface area contributed by atoms with Gasteiger partial charge in [-0.3, -0.25) is 9.59 Å². The van der Waals surface area contributed by atoms with Crippen LogP contribution < -0.4 is 5.32 Å². The molecule has 84 valence electrons. The fourth-order valence-corrected chi connectivity index (χ4v) is 1.68. The van der Waals surface area contributed by atoms with E-state index < -0.39 is 29.4 Å². The van der Waals surface area contributed by atoms with Crippen LogP contribution in [0.2, 0.25) is 0 Å². The van der Waals surface area contributed by atoms with Crippen LogP contribution in [0, 0.1) is 11.6 Å². The lowest BCUT2D eigenvalue weighted by Crippen LogP contribution is -2.27. The number of nitrogens with one attached hydrogen (secondary N) is 1. The van der Waals surface area contributed by atoms with Gasteiger partial charge < -0.3 is 10.4 Å². The number of rotatable bonds is 1. The number of benzene rings is 1. The second kappa shape index (κ2) is 3.55. The Morgan fingerprint density at radius 1 is 1.38 bits per heavy atom. The summed E-state index contributed by atoms with van der Waals surface area (Å²) in [7, 11) is 0. The van der Waals surface area contributed by atoms with Crippen LogP contribution in [0.25, 0.3) is 0 Å². The molecule has 2 N–H and O–H groups in total. The van der Waals surface area contributed by atoms with Crippen molar-refractivity contribution in [1.82, 2.24) is 0 Å². The van der Waals surface area contributed by atoms with Gasteiger partial charge in [0.2, 0.25) is 5.91 Å². The van der Waals surface area contributed by atoms with Gasteiger partial charge in [-0.25, -0.2) is 8.78 Å². The highest BCUT2D eigenvalue weighted by molar-refractivity contribution is 5.99. The lowest BCUT2D eigenvalue weighted by molar-refractivity contribution is -0.140. The molecule has 0 spiro atoms. The standard InChI is InChI=1S/C10H7F2NO3/c11-6-1-4-5(10(15)16)2-9(14)13-8(4)3-7(6)12/h1,3,5H,2H2,(H,13,14)(H,15,16). The van der Waals surface area contributed by atoms with Gasteiger partial charge in [-0.15, -0.1) is 0 Å². The molecule has 1 heterocycles. The Morgan fingerprint density at radius 2 is 2.00 bits per heavy atom. The number of carboxylic acids is 1. The highest BCUT2D eigenvalue weighted by Crippen LogP contribution is 2.33. The summed E-state index contributed by atoms with van der Waals surface area (Å²) >= 11 is 0. The summed E-state index contributed by atoms with van der Waals surface area (Å²) in [5.41, 5.74) is 0.105. The molecule has 16 heavy (non-hydrogen) atoms. The number of carbonyl (C=O) groups is 2. The molecule has 1 aromatic carbocycles. The van der Waals surface area contributed by atoms with Crippen LogP contribution in [0.5, 0.6) is 0 Å². The molecule has 1 aromatic rings. The van der Waals surface area contributed by atoms with Gasteiger partial charge in [0.05, 0.1) is 5.92 Å². The van der Waals surface area contributed by atoms with E-state index >= 15 is 0 Å². The van der Waals surface area contributed by atoms with Gasteiger partial charge in [-0.1, -0.05) is 0 Å². The van der Waals surface area contributed by atoms with Crippen molar-refractivity contribution < 1.29 is 23.5 Å². The third-order valence-electron chi connectivity index (χ3n) is 2.43. The van der Waals surface area contributed by atoms with Gasteiger partial charge in [-0.05, 0) is 11.6 Å². The molecule has 0 aliphatic carbocycles. The smallest absolute Gasteiger partial charge is 0.311 e. The summed E-state index contributed by atoms with van der Waals surface area (Å²) in [6.07, 6.45) is -0.270. The van der Waals surface area contributed by atoms with E-state index in [1.807, 2.05) is 0 Å². The first-order chi connectivity index (χ1) is 7.49. The van der Waals surface area contributed by atoms with Crippen LogP contribution in [0.4, 0.5) is 14.5 Å². The minimum Gasteiger partial charge on any atom is -0.481 e. The Bertz CT molecular complexity index is 487. The Morgan fingerprint density at radius 3 is 2.62 bits per heavy atom. The van der Waals surface area contributed by atoms with Crippen molar-refractivity contribution in [3.8, 4) is 0 Å². The van der Waals surface area contributed by atoms with Crippen molar-refractivity contribution in [2.75, 3.05) is 5.32 Å². The number of carboxylic acid groups (broad SMARTS) is 1. The molecule has 1 unspecified atom stereocenters. The maximum atomic E-state index is 13.0. The van der Waals surface area contributed by atoms with Crippen molar-refractivity contribution in [2.45, 2.75) is 12.3 Å². The van der Waals surface area contributed by atoms with Crippen molar-refractivity contribution in [3.63, 3.8) is 0 Å². The van der Waals surface area contributed by atoms with Crippen LogP contribution in [0.3, 0.4) is 0 Å². The van der Waals surface area contributed by atoms with Crippen LogP contribution in [0.1, 0.15) is 17.9 Å². The molecule has 0 fully saturated rings. The van der Waals surface area contributed by atoms with E-state index in [9.17, 15) is 18.4 Å². The maximum Gasteiger partial charge on any atom is 0.311 e. The number of carbonyl (C=O) groups excluding carboxylic acids is 1. The van der Waals surface area contributed by atoms with Gasteiger partial charge in [0.1, 0.15) is 0 Å². The number of anilines is 1. The lowest BCUT2D eigenvalue weighted by Gasteiger charge is -2.22. The van der Waals surface area contributed by atoms with Crippen LogP contribution >= 0.6 is 0 Å². The third-order valence-corrected chi connectivity index (χ3v) is 2.43. The molecule has 1 aliphatic heterocycles. The Kier molecular flexibility index (Phi) is 2.34. The van der Waals surface area contributed by atoms with E-state index in [4.69, 9.17) is 5.11 Å². The average Bonchev–Trinajstić information content (AvgIpc) is 2.19. The van der Waals surface area contributed by atoms with Crippen molar-refractivity contribution >= 4 is 17.6 Å². The van der Waals surface area contributed by atoms with Gasteiger partial charge in [-0.2, -0.15) is 0 Å². The number of amides is 1. The molecule has 0 aromatic heterocycles. The second-order valence-electron chi connectivity index (χ2n) is 3.50. The summed E-state index contributed by atoms with van der Waals surface area (Å²) in [6, 6.07) is 1.60. The molecule has 0 saturated carbocycles. The SMILES string of the molecule is O=C1CC(C(=O)O)c2cc(F)c(F)cc2N1. The van der Waals surface area contributed by atoms with Gasteiger partial charge in [0.25, 0.3) is 0 Å². The normalized spacial score (nSPS) is 18.9. The maximum absolute atomic E-state index is 13.0. The number of halogens is 2. The fraction of sp³-hybridized carbons (Fsp3) is 0.200. The molecule has 2 rings (SSSR count). The summed E-state index contributed by atoms with van der Waals surface area (Å²) in [6.45, 7) is 0. The minimum absolute atomic E-state index is 0.0163. The largest absolute Gasteiger partial charge is 0.481 e. The zero-order valence-electron chi connectivity index (χ0n) is 7.96. The number of hydrogen-bond acceptors (Lipinski definition) is 2. The van der Waals surface area contributed by atoms with E-state index in [0.29, 0.717) is 0 Å². The van der Waals surface area contributed by atoms with E-state index in [1.54, 1.807) is 0 Å². The van der Waals surface area contributed by atoms with E-state index in [0.717, 1.165) is 12.1 Å². The van der Waals surface area contributed by atoms with Crippen LogP contribution in [-0.4, -0.2) is 17.0 Å². The molecule has 6 heteroatoms. The summed E-state index contributed by atoms with van der Waals surface area (Å²) in [4.78, 5) is 22.0. The highest BCUT2D eigenvalue weighted by Gasteiger charge is 2.31. The van der Waals surface area contributed by atoms with E-state index in [2.05, 4.69) is 5.32 Å². The predicted molar refractivity (Wildman–Crippen MR) is 50.0 cm³/mol. The van der Waals surface area contributed by atoms with E-state index in [1.165, 1.54) is 0 Å². The van der Waals surface area contributed by atoms with Crippen molar-refractivity contribution in [3.05, 3.63) is 29.3 Å². The molecule has 0 radical (unpaired) electrons. The third kappa shape index (κ3) is 1.62. The van der Waals surface area contributed by atoms with E-state index in [-0.39, 0.29) is 17.7 Å². The Labute approximate surface area is 88.9 Å². The summed E-state index contributed by atoms with van der Waals surface area (Å²) in [5, 5.41) is 11.2. The van der Waals surface area contributed by atoms with Crippen molar-refractivity contribution in [1.29, 1.82) is 0 Å². The summed E-state index contributed by atoms with van der Waals surface area (Å²) < 4.78 is 25.8. The first-order valence-electron chi connectivity index (χ1n) is 4.50. The second-order valence-corrected chi connectivity index (χ2v) is 3.50. The molecule has 1 amide bonds. The molecule has 1 aliphatic rings. The molecule has 0 bridgehead atoms. The monoisotopic (exact) mass is 227 g/mol. The topological polar surface area (TPSA) is 66.4 Å². The molecular formula is C10H7F2NO3. The van der Waals surface area contributed by atoms with Crippen LogP contribution in [-0.2, 0) is 9.59 Å². The molecule has 0 saturated heterocycles. The van der Waals surface area contributed by atoms with Gasteiger partial charge in [0, 0.05) is 18.2 Å². The molecule has 1 atom stereocenters. The minimum atomic E-state index is -1.23. The first-order valence-corrected chi connectivity index (χ1v) is 4.50. The molecular weight excluding hydrogens is 220 g/mol. The van der Waals surface area contributed by atoms with Gasteiger partial charge >= 0.3 is 5.97 Å². The summed E-state index contributed by atoms with van der Waals surface area (Å²) in [5.74, 6) is -5.13. The number of hydrogen-bond donors (Lipinski definition) is 2. The Hall–Kier alpha value is -1.98. The number of aliphatic carboxylic acids is 1. The fourth-order valence-electron chi connectivity index (χ4n) is 1.68. The first kappa shape index (κ1) is 10.5. The van der Waals surface area contributed by atoms with Crippen LogP contribution in [0.15, 0.2) is 12.1 Å². The molecule has 4 nitrogen and oxygen atoms in total. The highest BCUT2D eigenvalue weighted by atomic mass is 19.2. The quantitative estimate of drug-likeness (QED) is 0.763. The lowest BCUT2D eigenvalue weighted by atomic mass is 9.90. The average molecular weight is 227 g/mol. The zero-order valence-corrected chi connectivity index (χ0v) is 7.96. The van der Waals surface area contributed by atoms with Crippen molar-refractivity contribution in [2.24, 2.45) is 0 Å². The number of fused-ring (bicyclic) bond motifs is 1. The Balaban J connectivity index is 2.57.